The van der Waals surface area contributed by atoms with Crippen LogP contribution < -0.4 is 5.32 Å². The van der Waals surface area contributed by atoms with E-state index in [0.29, 0.717) is 16.6 Å². The molecule has 104 valence electrons. The van der Waals surface area contributed by atoms with Gasteiger partial charge < -0.3 is 10.2 Å². The van der Waals surface area contributed by atoms with E-state index in [-0.39, 0.29) is 5.91 Å². The number of amides is 1. The van der Waals surface area contributed by atoms with E-state index in [4.69, 9.17) is 11.6 Å². The van der Waals surface area contributed by atoms with E-state index in [9.17, 15) is 4.79 Å². The van der Waals surface area contributed by atoms with E-state index in [1.165, 1.54) is 0 Å². The SMILES string of the molecule is CCCN(C(=O)c1ccc(C)c(Cl)c1)C1CCNC1. The van der Waals surface area contributed by atoms with Crippen LogP contribution in [0.5, 0.6) is 0 Å². The van der Waals surface area contributed by atoms with Crippen LogP contribution in [-0.2, 0) is 0 Å². The van der Waals surface area contributed by atoms with Crippen LogP contribution in [0.25, 0.3) is 0 Å². The monoisotopic (exact) mass is 280 g/mol. The van der Waals surface area contributed by atoms with Gasteiger partial charge in [-0.3, -0.25) is 4.79 Å². The molecule has 1 aliphatic heterocycles. The average Bonchev–Trinajstić information content (AvgIpc) is 2.92. The molecule has 4 heteroatoms. The maximum atomic E-state index is 12.6. The van der Waals surface area contributed by atoms with Crippen molar-refractivity contribution in [3.8, 4) is 0 Å². The number of carbonyl (C=O) groups is 1. The number of carbonyl (C=O) groups excluding carboxylic acids is 1. The Balaban J connectivity index is 2.20. The van der Waals surface area contributed by atoms with Crippen molar-refractivity contribution in [2.75, 3.05) is 19.6 Å². The molecule has 1 saturated heterocycles. The Labute approximate surface area is 119 Å². The van der Waals surface area contributed by atoms with Crippen LogP contribution in [0, 0.1) is 6.92 Å². The van der Waals surface area contributed by atoms with Gasteiger partial charge >= 0.3 is 0 Å². The molecule has 3 nitrogen and oxygen atoms in total. The summed E-state index contributed by atoms with van der Waals surface area (Å²) < 4.78 is 0. The summed E-state index contributed by atoms with van der Waals surface area (Å²) in [7, 11) is 0. The Kier molecular flexibility index (Phi) is 4.83. The van der Waals surface area contributed by atoms with Crippen LogP contribution in [0.2, 0.25) is 5.02 Å². The van der Waals surface area contributed by atoms with Gasteiger partial charge in [0.1, 0.15) is 0 Å². The number of hydrogen-bond donors (Lipinski definition) is 1. The molecule has 1 fully saturated rings. The lowest BCUT2D eigenvalue weighted by Crippen LogP contribution is -2.42. The summed E-state index contributed by atoms with van der Waals surface area (Å²) in [6.07, 6.45) is 2.01. The highest BCUT2D eigenvalue weighted by molar-refractivity contribution is 6.31. The molecule has 0 aromatic heterocycles. The number of halogens is 1. The van der Waals surface area contributed by atoms with Crippen LogP contribution in [0.1, 0.15) is 35.7 Å². The maximum absolute atomic E-state index is 12.6. The third kappa shape index (κ3) is 3.28. The zero-order valence-corrected chi connectivity index (χ0v) is 12.3. The molecular weight excluding hydrogens is 260 g/mol. The Bertz CT molecular complexity index is 455. The van der Waals surface area contributed by atoms with Crippen molar-refractivity contribution in [1.29, 1.82) is 0 Å². The molecule has 0 spiro atoms. The zero-order chi connectivity index (χ0) is 13.8. The number of nitrogens with zero attached hydrogens (tertiary/aromatic N) is 1. The van der Waals surface area contributed by atoms with Gasteiger partial charge in [-0.2, -0.15) is 0 Å². The van der Waals surface area contributed by atoms with Gasteiger partial charge in [0.15, 0.2) is 0 Å². The molecule has 1 unspecified atom stereocenters. The van der Waals surface area contributed by atoms with Crippen molar-refractivity contribution in [2.24, 2.45) is 0 Å². The minimum atomic E-state index is 0.0949. The highest BCUT2D eigenvalue weighted by Gasteiger charge is 2.26. The predicted octanol–water partition coefficient (Wildman–Crippen LogP) is 2.86. The molecule has 1 aliphatic rings. The van der Waals surface area contributed by atoms with Crippen molar-refractivity contribution >= 4 is 17.5 Å². The summed E-state index contributed by atoms with van der Waals surface area (Å²) in [6, 6.07) is 5.87. The second kappa shape index (κ2) is 6.40. The largest absolute Gasteiger partial charge is 0.334 e. The molecule has 1 aromatic rings. The first-order valence-corrected chi connectivity index (χ1v) is 7.29. The first kappa shape index (κ1) is 14.4. The molecule has 0 radical (unpaired) electrons. The van der Waals surface area contributed by atoms with Gasteiger partial charge in [-0.05, 0) is 44.0 Å². The third-order valence-corrected chi connectivity index (χ3v) is 4.03. The molecule has 0 aliphatic carbocycles. The number of hydrogen-bond acceptors (Lipinski definition) is 2. The fourth-order valence-electron chi connectivity index (χ4n) is 2.49. The molecule has 1 N–H and O–H groups in total. The predicted molar refractivity (Wildman–Crippen MR) is 78.8 cm³/mol. The molecule has 19 heavy (non-hydrogen) atoms. The number of rotatable bonds is 4. The van der Waals surface area contributed by atoms with Gasteiger partial charge in [-0.25, -0.2) is 0 Å². The van der Waals surface area contributed by atoms with Gasteiger partial charge in [0.05, 0.1) is 0 Å². The van der Waals surface area contributed by atoms with Crippen molar-refractivity contribution in [2.45, 2.75) is 32.7 Å². The summed E-state index contributed by atoms with van der Waals surface area (Å²) in [6.45, 7) is 6.74. The molecule has 0 bridgehead atoms. The van der Waals surface area contributed by atoms with E-state index in [0.717, 1.165) is 38.0 Å². The quantitative estimate of drug-likeness (QED) is 0.920. The first-order chi connectivity index (χ1) is 9.13. The number of aryl methyl sites for hydroxylation is 1. The van der Waals surface area contributed by atoms with E-state index in [2.05, 4.69) is 12.2 Å². The lowest BCUT2D eigenvalue weighted by atomic mass is 10.1. The second-order valence-electron chi connectivity index (χ2n) is 5.11. The van der Waals surface area contributed by atoms with Gasteiger partial charge in [-0.1, -0.05) is 24.6 Å². The third-order valence-electron chi connectivity index (χ3n) is 3.62. The molecule has 2 rings (SSSR count). The van der Waals surface area contributed by atoms with Crippen molar-refractivity contribution in [3.63, 3.8) is 0 Å². The summed E-state index contributed by atoms with van der Waals surface area (Å²) in [5, 5.41) is 3.98. The summed E-state index contributed by atoms with van der Waals surface area (Å²) in [5.74, 6) is 0.0949. The van der Waals surface area contributed by atoms with E-state index in [1.54, 1.807) is 6.07 Å². The van der Waals surface area contributed by atoms with Gasteiger partial charge in [0, 0.05) is 29.7 Å². The molecule has 1 atom stereocenters. The van der Waals surface area contributed by atoms with Gasteiger partial charge in [0.25, 0.3) is 5.91 Å². The Hall–Kier alpha value is -1.06. The molecule has 1 amide bonds. The van der Waals surface area contributed by atoms with Crippen LogP contribution in [-0.4, -0.2) is 36.5 Å². The molecule has 0 saturated carbocycles. The second-order valence-corrected chi connectivity index (χ2v) is 5.52. The zero-order valence-electron chi connectivity index (χ0n) is 11.6. The lowest BCUT2D eigenvalue weighted by molar-refractivity contribution is 0.0692. The molecular formula is C15H21ClN2O. The summed E-state index contributed by atoms with van der Waals surface area (Å²) in [5.41, 5.74) is 1.69. The van der Waals surface area contributed by atoms with Crippen LogP contribution in [0.15, 0.2) is 18.2 Å². The van der Waals surface area contributed by atoms with Crippen LogP contribution in [0.4, 0.5) is 0 Å². The Morgan fingerprint density at radius 3 is 2.89 bits per heavy atom. The van der Waals surface area contributed by atoms with Crippen LogP contribution >= 0.6 is 11.6 Å². The van der Waals surface area contributed by atoms with Crippen molar-refractivity contribution in [1.82, 2.24) is 10.2 Å². The minimum absolute atomic E-state index is 0.0949. The maximum Gasteiger partial charge on any atom is 0.254 e. The fraction of sp³-hybridized carbons (Fsp3) is 0.533. The first-order valence-electron chi connectivity index (χ1n) is 6.91. The van der Waals surface area contributed by atoms with Crippen molar-refractivity contribution in [3.05, 3.63) is 34.3 Å². The minimum Gasteiger partial charge on any atom is -0.334 e. The van der Waals surface area contributed by atoms with Gasteiger partial charge in [0.2, 0.25) is 0 Å². The van der Waals surface area contributed by atoms with E-state index >= 15 is 0 Å². The Morgan fingerprint density at radius 1 is 1.53 bits per heavy atom. The number of benzene rings is 1. The Morgan fingerprint density at radius 2 is 2.32 bits per heavy atom. The molecule has 1 aromatic carbocycles. The van der Waals surface area contributed by atoms with Crippen LogP contribution in [0.3, 0.4) is 0 Å². The summed E-state index contributed by atoms with van der Waals surface area (Å²) >= 11 is 6.12. The highest BCUT2D eigenvalue weighted by Crippen LogP contribution is 2.20. The van der Waals surface area contributed by atoms with Gasteiger partial charge in [-0.15, -0.1) is 0 Å². The normalized spacial score (nSPS) is 18.6. The highest BCUT2D eigenvalue weighted by atomic mass is 35.5. The lowest BCUT2D eigenvalue weighted by Gasteiger charge is -2.28. The molecule has 1 heterocycles. The average molecular weight is 281 g/mol. The summed E-state index contributed by atoms with van der Waals surface area (Å²) in [4.78, 5) is 14.6. The number of nitrogens with one attached hydrogen (secondary N) is 1. The fourth-order valence-corrected chi connectivity index (χ4v) is 2.67. The van der Waals surface area contributed by atoms with E-state index in [1.807, 2.05) is 24.0 Å². The van der Waals surface area contributed by atoms with Crippen molar-refractivity contribution < 1.29 is 4.79 Å². The smallest absolute Gasteiger partial charge is 0.254 e. The topological polar surface area (TPSA) is 32.3 Å². The standard InChI is InChI=1S/C15H21ClN2O/c1-3-8-18(13-6-7-17-10-13)15(19)12-5-4-11(2)14(16)9-12/h4-5,9,13,17H,3,6-8,10H2,1-2H3. The van der Waals surface area contributed by atoms with E-state index < -0.39 is 0 Å².